The Morgan fingerprint density at radius 3 is 1.85 bits per heavy atom. The Kier molecular flexibility index (Phi) is 4.93. The van der Waals surface area contributed by atoms with E-state index < -0.39 is 5.20 Å². The Morgan fingerprint density at radius 1 is 0.800 bits per heavy atom. The number of carbonyl (C=O) groups excluding carboxylic acids is 1. The largest absolute Gasteiger partial charge is 0.339 e. The number of hydrogen-bond acceptors (Lipinski definition) is 2. The van der Waals surface area contributed by atoms with E-state index in [0.717, 1.165) is 16.7 Å². The molecule has 0 saturated heterocycles. The highest BCUT2D eigenvalue weighted by atomic mass is 36.0. The molecule has 0 unspecified atom stereocenters. The summed E-state index contributed by atoms with van der Waals surface area (Å²) in [6.45, 7) is 0. The van der Waals surface area contributed by atoms with Crippen molar-refractivity contribution in [3.63, 3.8) is 0 Å². The van der Waals surface area contributed by atoms with Gasteiger partial charge in [-0.15, -0.1) is 0 Å². The summed E-state index contributed by atoms with van der Waals surface area (Å²) in [7, 11) is 0. The van der Waals surface area contributed by atoms with Crippen LogP contribution < -0.4 is 0 Å². The smallest absolute Gasteiger partial charge is 0.294 e. The molecule has 3 rings (SSSR count). The molecule has 1 aliphatic rings. The topological polar surface area (TPSA) is 34.1 Å². The summed E-state index contributed by atoms with van der Waals surface area (Å²) in [4.78, 5) is 11.8. The van der Waals surface area contributed by atoms with Gasteiger partial charge in [-0.25, -0.2) is 0 Å². The average Bonchev–Trinajstić information content (AvgIpc) is 2.37. The van der Waals surface area contributed by atoms with Crippen LogP contribution in [0.3, 0.4) is 0 Å². The molecule has 2 aromatic carbocycles. The van der Waals surface area contributed by atoms with Crippen LogP contribution in [-0.4, -0.2) is 5.78 Å². The van der Waals surface area contributed by atoms with Crippen molar-refractivity contribution in [2.75, 3.05) is 0 Å². The lowest BCUT2D eigenvalue weighted by atomic mass is 9.85. The molecule has 0 saturated carbocycles. The van der Waals surface area contributed by atoms with Crippen LogP contribution in [0.4, 0.5) is 0 Å². The average molecular weight is 348 g/mol. The molecule has 0 bridgehead atoms. The van der Waals surface area contributed by atoms with Gasteiger partial charge in [-0.2, -0.15) is 0 Å². The maximum Gasteiger partial charge on any atom is 0.339 e. The van der Waals surface area contributed by atoms with Crippen LogP contribution in [0.5, 0.6) is 0 Å². The normalized spacial score (nSPS) is 12.8. The van der Waals surface area contributed by atoms with Crippen molar-refractivity contribution in [1.29, 1.82) is 0 Å². The van der Waals surface area contributed by atoms with Gasteiger partial charge in [0, 0.05) is 12.0 Å². The number of carbonyl (C=O) groups is 1. The molecular weight excluding hydrogens is 337 g/mol. The summed E-state index contributed by atoms with van der Waals surface area (Å²) in [5.74, 6) is 0.226. The first-order valence-corrected chi connectivity index (χ1v) is 10.2. The molecule has 2 nitrogen and oxygen atoms in total. The predicted octanol–water partition coefficient (Wildman–Crippen LogP) is 5.90. The van der Waals surface area contributed by atoms with Crippen LogP contribution in [0.1, 0.15) is 15.9 Å². The third-order valence-corrected chi connectivity index (χ3v) is 2.89. The molecule has 0 amide bonds. The first kappa shape index (κ1) is 15.6. The second-order valence-corrected chi connectivity index (χ2v) is 10.8. The lowest BCUT2D eigenvalue weighted by Gasteiger charge is -2.18. The van der Waals surface area contributed by atoms with E-state index in [1.165, 1.54) is 5.56 Å². The van der Waals surface area contributed by atoms with Crippen molar-refractivity contribution in [2.45, 2.75) is 6.42 Å². The van der Waals surface area contributed by atoms with Gasteiger partial charge < -0.3 is 0 Å². The van der Waals surface area contributed by atoms with Crippen molar-refractivity contribution in [1.82, 2.24) is 0 Å². The van der Waals surface area contributed by atoms with E-state index >= 15 is 0 Å². The van der Waals surface area contributed by atoms with Gasteiger partial charge in [-0.1, -0.05) is 48.5 Å². The molecule has 6 heteroatoms. The highest BCUT2D eigenvalue weighted by molar-refractivity contribution is 8.24. The maximum atomic E-state index is 11.8. The fraction of sp³-hybridized carbons (Fsp3) is 0.0714. The number of Topliss-reactive ketones (excluding diaryl/α,β-unsaturated/α-hetero) is 1. The second-order valence-electron chi connectivity index (χ2n) is 4.20. The molecule has 20 heavy (non-hydrogen) atoms. The van der Waals surface area contributed by atoms with Crippen LogP contribution in [0, 0.1) is 0 Å². The van der Waals surface area contributed by atoms with Crippen LogP contribution in [0.15, 0.2) is 48.5 Å². The summed E-state index contributed by atoms with van der Waals surface area (Å²) in [6.07, 6.45) is 0.535. The van der Waals surface area contributed by atoms with Gasteiger partial charge in [0.1, 0.15) is 0 Å². The Morgan fingerprint density at radius 2 is 1.25 bits per heavy atom. The van der Waals surface area contributed by atoms with E-state index in [-0.39, 0.29) is 5.78 Å². The van der Waals surface area contributed by atoms with Gasteiger partial charge in [0.2, 0.25) is 0 Å². The zero-order chi connectivity index (χ0) is 14.8. The molecule has 0 atom stereocenters. The number of halogens is 3. The number of rotatable bonds is 0. The standard InChI is InChI=1S/C14H10O.Cl3OP/c15-14-9-10-5-1-2-6-11(10)12-7-3-4-8-13(12)14;1-5(2,3)4/h1-8H,9H2;. The number of benzene rings is 2. The predicted molar refractivity (Wildman–Crippen MR) is 85.1 cm³/mol. The van der Waals surface area contributed by atoms with Crippen molar-refractivity contribution in [3.8, 4) is 11.1 Å². The van der Waals surface area contributed by atoms with E-state index in [4.69, 9.17) is 0 Å². The zero-order valence-corrected chi connectivity index (χ0v) is 13.4. The van der Waals surface area contributed by atoms with Crippen LogP contribution in [0.2, 0.25) is 0 Å². The lowest BCUT2D eigenvalue weighted by Crippen LogP contribution is -2.11. The van der Waals surface area contributed by atoms with Gasteiger partial charge in [-0.3, -0.25) is 9.36 Å². The molecule has 0 spiro atoms. The molecule has 0 aliphatic heterocycles. The van der Waals surface area contributed by atoms with Crippen LogP contribution in [-0.2, 0) is 11.0 Å². The minimum absolute atomic E-state index is 0.226. The van der Waals surface area contributed by atoms with Crippen molar-refractivity contribution in [2.24, 2.45) is 0 Å². The van der Waals surface area contributed by atoms with Gasteiger partial charge in [0.25, 0.3) is 0 Å². The summed E-state index contributed by atoms with van der Waals surface area (Å²) >= 11 is 13.8. The van der Waals surface area contributed by atoms with Crippen LogP contribution >= 0.6 is 38.9 Å². The number of hydrogen-bond donors (Lipinski definition) is 0. The van der Waals surface area contributed by atoms with E-state index in [1.807, 2.05) is 42.5 Å². The highest BCUT2D eigenvalue weighted by Gasteiger charge is 2.20. The van der Waals surface area contributed by atoms with Gasteiger partial charge >= 0.3 is 5.20 Å². The van der Waals surface area contributed by atoms with E-state index in [1.54, 1.807) is 0 Å². The fourth-order valence-corrected chi connectivity index (χ4v) is 2.17. The summed E-state index contributed by atoms with van der Waals surface area (Å²) in [5.41, 5.74) is 4.27. The minimum atomic E-state index is -3.22. The number of fused-ring (bicyclic) bond motifs is 3. The van der Waals surface area contributed by atoms with Crippen molar-refractivity contribution < 1.29 is 9.36 Å². The monoisotopic (exact) mass is 346 g/mol. The SMILES string of the molecule is O=C1Cc2ccccc2-c2ccccc21.O=P(Cl)(Cl)Cl. The Balaban J connectivity index is 0.000000257. The van der Waals surface area contributed by atoms with Gasteiger partial charge in [-0.05, 0) is 50.4 Å². The molecule has 0 radical (unpaired) electrons. The Labute approximate surface area is 131 Å². The minimum Gasteiger partial charge on any atom is -0.294 e. The van der Waals surface area contributed by atoms with Crippen LogP contribution in [0.25, 0.3) is 11.1 Å². The van der Waals surface area contributed by atoms with Crippen molar-refractivity contribution in [3.05, 3.63) is 59.7 Å². The van der Waals surface area contributed by atoms with Gasteiger partial charge in [0.15, 0.2) is 5.78 Å². The van der Waals surface area contributed by atoms with E-state index in [9.17, 15) is 9.36 Å². The molecule has 0 fully saturated rings. The molecule has 104 valence electrons. The molecule has 0 N–H and O–H groups in total. The third kappa shape index (κ3) is 4.10. The first-order valence-electron chi connectivity index (χ1n) is 5.76. The quantitative estimate of drug-likeness (QED) is 0.556. The maximum absolute atomic E-state index is 11.8. The second kappa shape index (κ2) is 6.32. The molecule has 0 heterocycles. The highest BCUT2D eigenvalue weighted by Crippen LogP contribution is 2.61. The van der Waals surface area contributed by atoms with E-state index in [0.29, 0.717) is 6.42 Å². The molecular formula is C14H10Cl3O2P. The van der Waals surface area contributed by atoms with Crippen molar-refractivity contribution >= 4 is 44.7 Å². The third-order valence-electron chi connectivity index (χ3n) is 2.89. The molecule has 2 aromatic rings. The number of ketones is 1. The lowest BCUT2D eigenvalue weighted by molar-refractivity contribution is 0.0992. The molecule has 1 aliphatic carbocycles. The molecule has 0 aromatic heterocycles. The summed E-state index contributed by atoms with van der Waals surface area (Å²) in [6, 6.07) is 16.0. The fourth-order valence-electron chi connectivity index (χ4n) is 2.17. The zero-order valence-electron chi connectivity index (χ0n) is 10.2. The Hall–Kier alpha value is -0.790. The summed E-state index contributed by atoms with van der Waals surface area (Å²) < 4.78 is 9.51. The Bertz CT molecular complexity index is 686. The summed E-state index contributed by atoms with van der Waals surface area (Å²) in [5, 5.41) is -3.22. The van der Waals surface area contributed by atoms with Gasteiger partial charge in [0.05, 0.1) is 0 Å². The van der Waals surface area contributed by atoms with E-state index in [2.05, 4.69) is 39.8 Å². The first-order chi connectivity index (χ1) is 9.36.